The lowest BCUT2D eigenvalue weighted by molar-refractivity contribution is -0.290. The summed E-state index contributed by atoms with van der Waals surface area (Å²) in [7, 11) is 3.59. The summed E-state index contributed by atoms with van der Waals surface area (Å²) in [5.41, 5.74) is -2.55. The summed E-state index contributed by atoms with van der Waals surface area (Å²) >= 11 is 0. The molecule has 0 aromatic heterocycles. The van der Waals surface area contributed by atoms with Crippen molar-refractivity contribution in [3.05, 3.63) is 29.8 Å². The number of benzene rings is 1. The second kappa shape index (κ2) is 5.97. The van der Waals surface area contributed by atoms with Gasteiger partial charge >= 0.3 is 12.2 Å². The van der Waals surface area contributed by atoms with Crippen LogP contribution in [0, 0.1) is 5.92 Å². The van der Waals surface area contributed by atoms with E-state index in [1.165, 1.54) is 17.4 Å². The molecule has 0 bridgehead atoms. The summed E-state index contributed by atoms with van der Waals surface area (Å²) in [5.74, 6) is -2.82. The molecule has 1 aliphatic heterocycles. The summed E-state index contributed by atoms with van der Waals surface area (Å²) < 4.78 is 40.0. The zero-order valence-electron chi connectivity index (χ0n) is 13.3. The van der Waals surface area contributed by atoms with Crippen LogP contribution in [0.5, 0.6) is 0 Å². The number of carbonyl (C=O) groups excluding carboxylic acids is 2. The monoisotopic (exact) mass is 345 g/mol. The van der Waals surface area contributed by atoms with E-state index in [0.717, 1.165) is 12.6 Å². The minimum absolute atomic E-state index is 0.290. The van der Waals surface area contributed by atoms with E-state index in [0.29, 0.717) is 5.56 Å². The highest BCUT2D eigenvalue weighted by molar-refractivity contribution is 5.86. The number of anilines is 1. The third-order valence-corrected chi connectivity index (χ3v) is 4.01. The van der Waals surface area contributed by atoms with Gasteiger partial charge in [0, 0.05) is 19.8 Å². The Bertz CT molecular complexity index is 646. The van der Waals surface area contributed by atoms with Crippen LogP contribution in [0.2, 0.25) is 0 Å². The molecule has 1 saturated heterocycles. The molecule has 24 heavy (non-hydrogen) atoms. The average molecular weight is 345 g/mol. The number of rotatable bonds is 3. The van der Waals surface area contributed by atoms with Crippen LogP contribution in [0.3, 0.4) is 0 Å². The van der Waals surface area contributed by atoms with Gasteiger partial charge in [0.25, 0.3) is 0 Å². The molecule has 3 atom stereocenters. The predicted octanol–water partition coefficient (Wildman–Crippen LogP) is 1.56. The summed E-state index contributed by atoms with van der Waals surface area (Å²) in [6.45, 7) is 0.946. The van der Waals surface area contributed by atoms with Gasteiger partial charge in [0.15, 0.2) is 0 Å². The standard InChI is InChI=1S/C15H18F3N3O3/c1-8(22)11-12(9-4-6-10(7-5-9)21(2)3)19-13(23)20-14(11,24)15(16,17)18/h4-7,11-12,24H,1-3H3,(H2,19,20,23). The molecule has 2 amide bonds. The molecule has 2 rings (SSSR count). The summed E-state index contributed by atoms with van der Waals surface area (Å²) in [6, 6.07) is 3.81. The van der Waals surface area contributed by atoms with Crippen molar-refractivity contribution in [1.82, 2.24) is 10.6 Å². The SMILES string of the molecule is CC(=O)C1C(c2ccc(N(C)C)cc2)NC(=O)NC1(O)C(F)(F)F. The Morgan fingerprint density at radius 2 is 1.79 bits per heavy atom. The van der Waals surface area contributed by atoms with Crippen LogP contribution in [-0.2, 0) is 4.79 Å². The van der Waals surface area contributed by atoms with Gasteiger partial charge in [0.05, 0.1) is 12.0 Å². The van der Waals surface area contributed by atoms with Gasteiger partial charge in [-0.15, -0.1) is 0 Å². The Kier molecular flexibility index (Phi) is 4.49. The lowest BCUT2D eigenvalue weighted by Crippen LogP contribution is -2.72. The number of halogens is 3. The lowest BCUT2D eigenvalue weighted by atomic mass is 9.79. The molecule has 3 N–H and O–H groups in total. The van der Waals surface area contributed by atoms with E-state index in [9.17, 15) is 27.9 Å². The van der Waals surface area contributed by atoms with Gasteiger partial charge in [-0.1, -0.05) is 12.1 Å². The van der Waals surface area contributed by atoms with E-state index in [1.807, 2.05) is 0 Å². The van der Waals surface area contributed by atoms with Crippen molar-refractivity contribution < 1.29 is 27.9 Å². The van der Waals surface area contributed by atoms with Gasteiger partial charge in [-0.2, -0.15) is 13.2 Å². The molecule has 0 aliphatic carbocycles. The number of carbonyl (C=O) groups is 2. The summed E-state index contributed by atoms with van der Waals surface area (Å²) in [6.07, 6.45) is -5.21. The van der Waals surface area contributed by atoms with E-state index < -0.39 is 35.7 Å². The van der Waals surface area contributed by atoms with E-state index in [1.54, 1.807) is 31.1 Å². The Balaban J connectivity index is 2.50. The normalized spacial score (nSPS) is 27.2. The van der Waals surface area contributed by atoms with E-state index in [-0.39, 0.29) is 0 Å². The van der Waals surface area contributed by atoms with Gasteiger partial charge in [0.1, 0.15) is 5.78 Å². The molecule has 1 aromatic carbocycles. The second-order valence-electron chi connectivity index (χ2n) is 5.91. The first-order valence-corrected chi connectivity index (χ1v) is 7.13. The highest BCUT2D eigenvalue weighted by atomic mass is 19.4. The minimum Gasteiger partial charge on any atom is -0.378 e. The molecular weight excluding hydrogens is 327 g/mol. The van der Waals surface area contributed by atoms with Crippen molar-refractivity contribution in [1.29, 1.82) is 0 Å². The van der Waals surface area contributed by atoms with Crippen LogP contribution in [-0.4, -0.2) is 42.9 Å². The Morgan fingerprint density at radius 3 is 2.21 bits per heavy atom. The van der Waals surface area contributed by atoms with Gasteiger partial charge in [-0.3, -0.25) is 4.79 Å². The molecule has 9 heteroatoms. The smallest absolute Gasteiger partial charge is 0.378 e. The summed E-state index contributed by atoms with van der Waals surface area (Å²) in [5, 5.41) is 13.8. The Hall–Kier alpha value is -2.29. The number of nitrogens with zero attached hydrogens (tertiary/aromatic N) is 1. The number of ketones is 1. The fourth-order valence-electron chi connectivity index (χ4n) is 2.78. The van der Waals surface area contributed by atoms with Gasteiger partial charge in [-0.05, 0) is 24.6 Å². The highest BCUT2D eigenvalue weighted by Crippen LogP contribution is 2.42. The van der Waals surface area contributed by atoms with Crippen LogP contribution in [0.1, 0.15) is 18.5 Å². The maximum absolute atomic E-state index is 13.3. The van der Waals surface area contributed by atoms with E-state index in [2.05, 4.69) is 5.32 Å². The predicted molar refractivity (Wildman–Crippen MR) is 80.4 cm³/mol. The van der Waals surface area contributed by atoms with Crippen molar-refractivity contribution in [2.24, 2.45) is 5.92 Å². The first-order chi connectivity index (χ1) is 11.0. The number of hydrogen-bond donors (Lipinski definition) is 3. The van der Waals surface area contributed by atoms with Crippen molar-refractivity contribution >= 4 is 17.5 Å². The first-order valence-electron chi connectivity index (χ1n) is 7.13. The number of aliphatic hydroxyl groups is 1. The number of urea groups is 1. The number of amides is 2. The Labute approximate surface area is 136 Å². The molecule has 1 fully saturated rings. The van der Waals surface area contributed by atoms with Crippen LogP contribution < -0.4 is 15.5 Å². The molecule has 6 nitrogen and oxygen atoms in total. The van der Waals surface area contributed by atoms with E-state index in [4.69, 9.17) is 0 Å². The highest BCUT2D eigenvalue weighted by Gasteiger charge is 2.65. The van der Waals surface area contributed by atoms with Crippen molar-refractivity contribution in [3.8, 4) is 0 Å². The number of hydrogen-bond acceptors (Lipinski definition) is 4. The average Bonchev–Trinajstić information content (AvgIpc) is 2.44. The van der Waals surface area contributed by atoms with Crippen LogP contribution in [0.15, 0.2) is 24.3 Å². The molecule has 0 spiro atoms. The van der Waals surface area contributed by atoms with Crippen molar-refractivity contribution in [2.45, 2.75) is 24.9 Å². The molecule has 3 unspecified atom stereocenters. The number of alkyl halides is 3. The van der Waals surface area contributed by atoms with E-state index >= 15 is 0 Å². The summed E-state index contributed by atoms with van der Waals surface area (Å²) in [4.78, 5) is 25.3. The lowest BCUT2D eigenvalue weighted by Gasteiger charge is -2.44. The third-order valence-electron chi connectivity index (χ3n) is 4.01. The third kappa shape index (κ3) is 3.03. The number of Topliss-reactive ketones (excluding diaryl/α,β-unsaturated/α-hetero) is 1. The zero-order chi connectivity index (χ0) is 18.3. The van der Waals surface area contributed by atoms with Crippen molar-refractivity contribution in [3.63, 3.8) is 0 Å². The molecule has 1 aliphatic rings. The maximum Gasteiger partial charge on any atom is 0.437 e. The van der Waals surface area contributed by atoms with Gasteiger partial charge in [-0.25, -0.2) is 4.79 Å². The second-order valence-corrected chi connectivity index (χ2v) is 5.91. The quantitative estimate of drug-likeness (QED) is 0.777. The molecular formula is C15H18F3N3O3. The topological polar surface area (TPSA) is 81.7 Å². The van der Waals surface area contributed by atoms with Gasteiger partial charge in [0.2, 0.25) is 5.72 Å². The minimum atomic E-state index is -5.21. The fraction of sp³-hybridized carbons (Fsp3) is 0.467. The van der Waals surface area contributed by atoms with Gasteiger partial charge < -0.3 is 20.6 Å². The van der Waals surface area contributed by atoms with Crippen LogP contribution >= 0.6 is 0 Å². The van der Waals surface area contributed by atoms with Crippen LogP contribution in [0.25, 0.3) is 0 Å². The molecule has 132 valence electrons. The van der Waals surface area contributed by atoms with Crippen LogP contribution in [0.4, 0.5) is 23.7 Å². The molecule has 0 saturated carbocycles. The number of nitrogens with one attached hydrogen (secondary N) is 2. The zero-order valence-corrected chi connectivity index (χ0v) is 13.3. The molecule has 0 radical (unpaired) electrons. The van der Waals surface area contributed by atoms with Crippen molar-refractivity contribution in [2.75, 3.05) is 19.0 Å². The molecule has 1 heterocycles. The first kappa shape index (κ1) is 18.1. The molecule has 1 aromatic rings. The largest absolute Gasteiger partial charge is 0.437 e. The maximum atomic E-state index is 13.3. The fourth-order valence-corrected chi connectivity index (χ4v) is 2.78. The Morgan fingerprint density at radius 1 is 1.25 bits per heavy atom.